The number of aromatic nitrogens is 3. The molecule has 1 fully saturated rings. The first-order chi connectivity index (χ1) is 6.91. The summed E-state index contributed by atoms with van der Waals surface area (Å²) >= 11 is 0. The summed E-state index contributed by atoms with van der Waals surface area (Å²) in [7, 11) is 1.73. The highest BCUT2D eigenvalue weighted by molar-refractivity contribution is 5.11. The summed E-state index contributed by atoms with van der Waals surface area (Å²) in [5.41, 5.74) is 5.95. The van der Waals surface area contributed by atoms with E-state index in [4.69, 9.17) is 5.73 Å². The number of halogens is 2. The molecule has 1 aromatic heterocycles. The SMILES string of the molecule is Cn1cc(C2(N)CCC(F)(F)CC2)nn1. The van der Waals surface area contributed by atoms with Gasteiger partial charge in [0.05, 0.1) is 5.54 Å². The largest absolute Gasteiger partial charge is 0.320 e. The Morgan fingerprint density at radius 1 is 1.33 bits per heavy atom. The summed E-state index contributed by atoms with van der Waals surface area (Å²) < 4.78 is 27.5. The van der Waals surface area contributed by atoms with E-state index in [0.29, 0.717) is 5.69 Å². The normalized spacial score (nSPS) is 24.0. The molecule has 2 rings (SSSR count). The third kappa shape index (κ3) is 1.99. The first-order valence-electron chi connectivity index (χ1n) is 4.95. The van der Waals surface area contributed by atoms with Gasteiger partial charge in [-0.3, -0.25) is 4.68 Å². The Kier molecular flexibility index (Phi) is 2.26. The zero-order valence-electron chi connectivity index (χ0n) is 8.58. The van der Waals surface area contributed by atoms with Crippen LogP contribution in [0.2, 0.25) is 0 Å². The highest BCUT2D eigenvalue weighted by Crippen LogP contribution is 2.41. The average Bonchev–Trinajstić information content (AvgIpc) is 2.59. The van der Waals surface area contributed by atoms with Crippen LogP contribution < -0.4 is 5.73 Å². The van der Waals surface area contributed by atoms with Crippen LogP contribution >= 0.6 is 0 Å². The van der Waals surface area contributed by atoms with Crippen molar-refractivity contribution >= 4 is 0 Å². The molecule has 1 saturated carbocycles. The number of rotatable bonds is 1. The van der Waals surface area contributed by atoms with E-state index in [1.165, 1.54) is 4.68 Å². The van der Waals surface area contributed by atoms with Gasteiger partial charge in [0.2, 0.25) is 5.92 Å². The van der Waals surface area contributed by atoms with Crippen molar-refractivity contribution in [2.24, 2.45) is 12.8 Å². The quantitative estimate of drug-likeness (QED) is 0.766. The minimum absolute atomic E-state index is 0.167. The molecule has 4 nitrogen and oxygen atoms in total. The standard InChI is InChI=1S/C9H14F2N4/c1-15-6-7(13-14-15)8(12)2-4-9(10,11)5-3-8/h6H,2-5,12H2,1H3. The van der Waals surface area contributed by atoms with Crippen LogP contribution in [0.3, 0.4) is 0 Å². The van der Waals surface area contributed by atoms with Gasteiger partial charge in [0.15, 0.2) is 0 Å². The first kappa shape index (κ1) is 10.5. The molecule has 0 spiro atoms. The van der Waals surface area contributed by atoms with Crippen LogP contribution in [0, 0.1) is 0 Å². The highest BCUT2D eigenvalue weighted by atomic mass is 19.3. The molecule has 1 aliphatic rings. The molecule has 1 aromatic rings. The molecule has 6 heteroatoms. The Balaban J connectivity index is 2.16. The molecular formula is C9H14F2N4. The molecule has 1 aliphatic carbocycles. The Bertz CT molecular complexity index is 351. The molecule has 0 aliphatic heterocycles. The van der Waals surface area contributed by atoms with Crippen LogP contribution in [0.25, 0.3) is 0 Å². The van der Waals surface area contributed by atoms with Crippen molar-refractivity contribution in [2.45, 2.75) is 37.1 Å². The second-order valence-corrected chi connectivity index (χ2v) is 4.29. The summed E-state index contributed by atoms with van der Waals surface area (Å²) in [5.74, 6) is -2.56. The van der Waals surface area contributed by atoms with Crippen LogP contribution in [0.4, 0.5) is 8.78 Å². The topological polar surface area (TPSA) is 56.7 Å². The fourth-order valence-corrected chi connectivity index (χ4v) is 1.89. The maximum Gasteiger partial charge on any atom is 0.248 e. The van der Waals surface area contributed by atoms with E-state index in [2.05, 4.69) is 10.3 Å². The lowest BCUT2D eigenvalue weighted by Crippen LogP contribution is -2.43. The van der Waals surface area contributed by atoms with Crippen LogP contribution in [0.1, 0.15) is 31.4 Å². The van der Waals surface area contributed by atoms with Crippen molar-refractivity contribution in [3.05, 3.63) is 11.9 Å². The second kappa shape index (κ2) is 3.23. The summed E-state index contributed by atoms with van der Waals surface area (Å²) in [6.07, 6.45) is 1.89. The van der Waals surface area contributed by atoms with E-state index in [1.54, 1.807) is 13.2 Å². The van der Waals surface area contributed by atoms with Crippen molar-refractivity contribution in [1.29, 1.82) is 0 Å². The molecule has 15 heavy (non-hydrogen) atoms. The predicted molar refractivity (Wildman–Crippen MR) is 50.3 cm³/mol. The van der Waals surface area contributed by atoms with E-state index in [-0.39, 0.29) is 25.7 Å². The smallest absolute Gasteiger partial charge is 0.248 e. The van der Waals surface area contributed by atoms with Gasteiger partial charge in [-0.1, -0.05) is 5.21 Å². The minimum Gasteiger partial charge on any atom is -0.320 e. The Labute approximate surface area is 86.4 Å². The summed E-state index contributed by atoms with van der Waals surface area (Å²) in [6.45, 7) is 0. The fourth-order valence-electron chi connectivity index (χ4n) is 1.89. The Hall–Kier alpha value is -1.04. The number of alkyl halides is 2. The first-order valence-corrected chi connectivity index (χ1v) is 4.95. The third-order valence-corrected chi connectivity index (χ3v) is 2.99. The highest BCUT2D eigenvalue weighted by Gasteiger charge is 2.43. The molecular weight excluding hydrogens is 202 g/mol. The van der Waals surface area contributed by atoms with Gasteiger partial charge in [-0.25, -0.2) is 8.78 Å². The Morgan fingerprint density at radius 2 is 1.93 bits per heavy atom. The fraction of sp³-hybridized carbons (Fsp3) is 0.778. The molecule has 84 valence electrons. The summed E-state index contributed by atoms with van der Waals surface area (Å²) in [4.78, 5) is 0. The number of hydrogen-bond acceptors (Lipinski definition) is 3. The van der Waals surface area contributed by atoms with Gasteiger partial charge in [0, 0.05) is 26.1 Å². The van der Waals surface area contributed by atoms with E-state index >= 15 is 0 Å². The van der Waals surface area contributed by atoms with Gasteiger partial charge >= 0.3 is 0 Å². The zero-order chi connectivity index (χ0) is 11.1. The zero-order valence-corrected chi connectivity index (χ0v) is 8.58. The minimum atomic E-state index is -2.56. The van der Waals surface area contributed by atoms with Crippen LogP contribution in [0.5, 0.6) is 0 Å². The number of nitrogens with two attached hydrogens (primary N) is 1. The molecule has 2 N–H and O–H groups in total. The molecule has 0 amide bonds. The van der Waals surface area contributed by atoms with Crippen molar-refractivity contribution in [1.82, 2.24) is 15.0 Å². The summed E-state index contributed by atoms with van der Waals surface area (Å²) in [5, 5.41) is 7.67. The van der Waals surface area contributed by atoms with Gasteiger partial charge in [0.25, 0.3) is 0 Å². The van der Waals surface area contributed by atoms with Gasteiger partial charge in [0.1, 0.15) is 5.69 Å². The van der Waals surface area contributed by atoms with E-state index in [1.807, 2.05) is 0 Å². The van der Waals surface area contributed by atoms with Gasteiger partial charge in [-0.05, 0) is 12.8 Å². The van der Waals surface area contributed by atoms with Crippen molar-refractivity contribution in [3.8, 4) is 0 Å². The van der Waals surface area contributed by atoms with Crippen molar-refractivity contribution in [2.75, 3.05) is 0 Å². The molecule has 1 heterocycles. The average molecular weight is 216 g/mol. The van der Waals surface area contributed by atoms with Crippen LogP contribution in [0.15, 0.2) is 6.20 Å². The van der Waals surface area contributed by atoms with Gasteiger partial charge in [-0.2, -0.15) is 0 Å². The van der Waals surface area contributed by atoms with Gasteiger partial charge in [-0.15, -0.1) is 5.10 Å². The lowest BCUT2D eigenvalue weighted by Gasteiger charge is -2.35. The number of aryl methyl sites for hydroxylation is 1. The van der Waals surface area contributed by atoms with Gasteiger partial charge < -0.3 is 5.73 Å². The van der Waals surface area contributed by atoms with E-state index < -0.39 is 11.5 Å². The van der Waals surface area contributed by atoms with E-state index in [0.717, 1.165) is 0 Å². The number of hydrogen-bond donors (Lipinski definition) is 1. The Morgan fingerprint density at radius 3 is 2.40 bits per heavy atom. The van der Waals surface area contributed by atoms with Crippen molar-refractivity contribution in [3.63, 3.8) is 0 Å². The van der Waals surface area contributed by atoms with E-state index in [9.17, 15) is 8.78 Å². The lowest BCUT2D eigenvalue weighted by atomic mass is 9.79. The third-order valence-electron chi connectivity index (χ3n) is 2.99. The monoisotopic (exact) mass is 216 g/mol. The molecule has 0 aromatic carbocycles. The number of nitrogens with zero attached hydrogens (tertiary/aromatic N) is 3. The lowest BCUT2D eigenvalue weighted by molar-refractivity contribution is -0.0519. The maximum atomic E-state index is 13.0. The van der Waals surface area contributed by atoms with Crippen molar-refractivity contribution < 1.29 is 8.78 Å². The molecule has 0 unspecified atom stereocenters. The molecule has 0 atom stereocenters. The molecule has 0 bridgehead atoms. The molecule has 0 saturated heterocycles. The second-order valence-electron chi connectivity index (χ2n) is 4.29. The predicted octanol–water partition coefficient (Wildman–Crippen LogP) is 1.18. The summed E-state index contributed by atoms with van der Waals surface area (Å²) in [6, 6.07) is 0. The van der Waals surface area contributed by atoms with Crippen LogP contribution in [-0.4, -0.2) is 20.9 Å². The maximum absolute atomic E-state index is 13.0. The van der Waals surface area contributed by atoms with Crippen LogP contribution in [-0.2, 0) is 12.6 Å². The molecule has 0 radical (unpaired) electrons.